The predicted molar refractivity (Wildman–Crippen MR) is 52.8 cm³/mol. The van der Waals surface area contributed by atoms with Crippen molar-refractivity contribution in [2.24, 2.45) is 5.92 Å². The number of aliphatic hydroxyl groups is 2. The van der Waals surface area contributed by atoms with Crippen molar-refractivity contribution < 1.29 is 14.6 Å². The molecule has 0 saturated carbocycles. The van der Waals surface area contributed by atoms with Gasteiger partial charge >= 0.3 is 0 Å². The minimum atomic E-state index is -0.360. The van der Waals surface area contributed by atoms with Crippen molar-refractivity contribution in [3.05, 3.63) is 34.6 Å². The second kappa shape index (κ2) is 5.29. The van der Waals surface area contributed by atoms with Crippen LogP contribution in [0, 0.1) is 11.7 Å². The van der Waals surface area contributed by atoms with Crippen LogP contribution in [0.15, 0.2) is 18.2 Å². The summed E-state index contributed by atoms with van der Waals surface area (Å²) in [5.41, 5.74) is 0.422. The fourth-order valence-corrected chi connectivity index (χ4v) is 1.39. The van der Waals surface area contributed by atoms with E-state index in [0.717, 1.165) is 0 Å². The smallest absolute Gasteiger partial charge is 0.126 e. The number of halogens is 2. The van der Waals surface area contributed by atoms with E-state index in [1.165, 1.54) is 18.2 Å². The van der Waals surface area contributed by atoms with E-state index in [-0.39, 0.29) is 24.9 Å². The van der Waals surface area contributed by atoms with Crippen LogP contribution in [0.2, 0.25) is 5.02 Å². The van der Waals surface area contributed by atoms with Crippen LogP contribution in [0.3, 0.4) is 0 Å². The maximum atomic E-state index is 13.2. The Morgan fingerprint density at radius 1 is 1.29 bits per heavy atom. The highest BCUT2D eigenvalue weighted by molar-refractivity contribution is 6.30. The molecular formula is C10H12ClFO2. The summed E-state index contributed by atoms with van der Waals surface area (Å²) in [5, 5.41) is 18.1. The molecule has 1 rings (SSSR count). The molecular weight excluding hydrogens is 207 g/mol. The number of benzene rings is 1. The summed E-state index contributed by atoms with van der Waals surface area (Å²) in [5.74, 6) is -0.690. The molecule has 0 aromatic heterocycles. The molecule has 0 aliphatic carbocycles. The van der Waals surface area contributed by atoms with Gasteiger partial charge in [0.25, 0.3) is 0 Å². The lowest BCUT2D eigenvalue weighted by Crippen LogP contribution is -2.14. The molecule has 0 unspecified atom stereocenters. The Kier molecular flexibility index (Phi) is 4.32. The van der Waals surface area contributed by atoms with E-state index < -0.39 is 0 Å². The lowest BCUT2D eigenvalue weighted by atomic mass is 10.0. The predicted octanol–water partition coefficient (Wildman–Crippen LogP) is 1.62. The molecule has 78 valence electrons. The molecule has 0 radical (unpaired) electrons. The summed E-state index contributed by atoms with van der Waals surface area (Å²) < 4.78 is 13.2. The first-order chi connectivity index (χ1) is 6.67. The number of rotatable bonds is 4. The lowest BCUT2D eigenvalue weighted by Gasteiger charge is -2.11. The zero-order chi connectivity index (χ0) is 10.6. The van der Waals surface area contributed by atoms with Crippen LogP contribution in [0.5, 0.6) is 0 Å². The van der Waals surface area contributed by atoms with Crippen molar-refractivity contribution in [1.29, 1.82) is 0 Å². The minimum Gasteiger partial charge on any atom is -0.396 e. The fraction of sp³-hybridized carbons (Fsp3) is 0.400. The molecule has 1 aromatic carbocycles. The highest BCUT2D eigenvalue weighted by Gasteiger charge is 2.10. The van der Waals surface area contributed by atoms with Crippen molar-refractivity contribution >= 4 is 11.6 Å². The number of hydrogen-bond donors (Lipinski definition) is 2. The van der Waals surface area contributed by atoms with Gasteiger partial charge in [-0.05, 0) is 30.2 Å². The molecule has 0 heterocycles. The van der Waals surface area contributed by atoms with Crippen molar-refractivity contribution in [2.45, 2.75) is 6.42 Å². The molecule has 0 aliphatic heterocycles. The van der Waals surface area contributed by atoms with Crippen molar-refractivity contribution in [2.75, 3.05) is 13.2 Å². The SMILES string of the molecule is OCC(CO)Cc1cc(Cl)ccc1F. The molecule has 0 spiro atoms. The van der Waals surface area contributed by atoms with Crippen molar-refractivity contribution in [3.63, 3.8) is 0 Å². The Bertz CT molecular complexity index is 300. The maximum Gasteiger partial charge on any atom is 0.126 e. The van der Waals surface area contributed by atoms with Gasteiger partial charge in [-0.15, -0.1) is 0 Å². The third-order valence-corrected chi connectivity index (χ3v) is 2.27. The van der Waals surface area contributed by atoms with Gasteiger partial charge in [0.2, 0.25) is 0 Å². The molecule has 2 nitrogen and oxygen atoms in total. The van der Waals surface area contributed by atoms with Gasteiger partial charge in [-0.25, -0.2) is 4.39 Å². The third-order valence-electron chi connectivity index (χ3n) is 2.03. The zero-order valence-corrected chi connectivity index (χ0v) is 8.34. The molecule has 2 N–H and O–H groups in total. The second-order valence-corrected chi connectivity index (χ2v) is 3.61. The Morgan fingerprint density at radius 3 is 2.50 bits per heavy atom. The van der Waals surface area contributed by atoms with Crippen LogP contribution in [0.25, 0.3) is 0 Å². The second-order valence-electron chi connectivity index (χ2n) is 3.17. The van der Waals surface area contributed by atoms with E-state index >= 15 is 0 Å². The average Bonchev–Trinajstić information content (AvgIpc) is 2.19. The molecule has 4 heteroatoms. The van der Waals surface area contributed by atoms with Crippen LogP contribution in [-0.4, -0.2) is 23.4 Å². The first-order valence-electron chi connectivity index (χ1n) is 4.33. The molecule has 14 heavy (non-hydrogen) atoms. The van der Waals surface area contributed by atoms with E-state index in [2.05, 4.69) is 0 Å². The van der Waals surface area contributed by atoms with Crippen LogP contribution in [0.1, 0.15) is 5.56 Å². The molecule has 0 aliphatic rings. The summed E-state index contributed by atoms with van der Waals surface area (Å²) in [6, 6.07) is 4.26. The average molecular weight is 219 g/mol. The number of aliphatic hydroxyl groups excluding tert-OH is 2. The molecule has 0 atom stereocenters. The Hall–Kier alpha value is -0.640. The van der Waals surface area contributed by atoms with Gasteiger partial charge in [0.05, 0.1) is 0 Å². The minimum absolute atomic E-state index is 0.164. The Balaban J connectivity index is 2.79. The van der Waals surface area contributed by atoms with Gasteiger partial charge in [-0.2, -0.15) is 0 Å². The van der Waals surface area contributed by atoms with Crippen LogP contribution >= 0.6 is 11.6 Å². The van der Waals surface area contributed by atoms with E-state index in [1.54, 1.807) is 0 Å². The van der Waals surface area contributed by atoms with E-state index in [1.807, 2.05) is 0 Å². The summed E-state index contributed by atoms with van der Waals surface area (Å²) >= 11 is 5.69. The Morgan fingerprint density at radius 2 is 1.93 bits per heavy atom. The van der Waals surface area contributed by atoms with E-state index in [4.69, 9.17) is 21.8 Å². The van der Waals surface area contributed by atoms with E-state index in [0.29, 0.717) is 17.0 Å². The summed E-state index contributed by atoms with van der Waals surface area (Å²) in [4.78, 5) is 0. The van der Waals surface area contributed by atoms with Gasteiger partial charge in [0, 0.05) is 24.2 Å². The molecule has 1 aromatic rings. The monoisotopic (exact) mass is 218 g/mol. The topological polar surface area (TPSA) is 40.5 Å². The first-order valence-corrected chi connectivity index (χ1v) is 4.70. The molecule has 0 bridgehead atoms. The van der Waals surface area contributed by atoms with Crippen LogP contribution in [-0.2, 0) is 6.42 Å². The fourth-order valence-electron chi connectivity index (χ4n) is 1.20. The maximum absolute atomic E-state index is 13.2. The third kappa shape index (κ3) is 2.94. The molecule has 0 amide bonds. The number of hydrogen-bond acceptors (Lipinski definition) is 2. The van der Waals surface area contributed by atoms with Crippen molar-refractivity contribution in [1.82, 2.24) is 0 Å². The zero-order valence-electron chi connectivity index (χ0n) is 7.58. The van der Waals surface area contributed by atoms with E-state index in [9.17, 15) is 4.39 Å². The summed E-state index contributed by atoms with van der Waals surface area (Å²) in [7, 11) is 0. The van der Waals surface area contributed by atoms with Crippen molar-refractivity contribution in [3.8, 4) is 0 Å². The molecule has 0 fully saturated rings. The van der Waals surface area contributed by atoms with Gasteiger partial charge < -0.3 is 10.2 Å². The Labute approximate surface area is 86.9 Å². The highest BCUT2D eigenvalue weighted by Crippen LogP contribution is 2.17. The highest BCUT2D eigenvalue weighted by atomic mass is 35.5. The van der Waals surface area contributed by atoms with Crippen LogP contribution < -0.4 is 0 Å². The van der Waals surface area contributed by atoms with Crippen LogP contribution in [0.4, 0.5) is 4.39 Å². The summed E-state index contributed by atoms with van der Waals surface area (Å²) in [6.07, 6.45) is 0.291. The normalized spacial score (nSPS) is 10.9. The van der Waals surface area contributed by atoms with Gasteiger partial charge in [-0.1, -0.05) is 11.6 Å². The van der Waals surface area contributed by atoms with Gasteiger partial charge in [0.1, 0.15) is 5.82 Å². The summed E-state index contributed by atoms with van der Waals surface area (Å²) in [6.45, 7) is -0.328. The standard InChI is InChI=1S/C10H12ClFO2/c11-9-1-2-10(12)8(4-9)3-7(5-13)6-14/h1-2,4,7,13-14H,3,5-6H2. The van der Waals surface area contributed by atoms with Gasteiger partial charge in [0.15, 0.2) is 0 Å². The van der Waals surface area contributed by atoms with Gasteiger partial charge in [-0.3, -0.25) is 0 Å². The largest absolute Gasteiger partial charge is 0.396 e. The quantitative estimate of drug-likeness (QED) is 0.807. The molecule has 0 saturated heterocycles. The first kappa shape index (κ1) is 11.4. The lowest BCUT2D eigenvalue weighted by molar-refractivity contribution is 0.149.